The lowest BCUT2D eigenvalue weighted by Gasteiger charge is -2.46. The Morgan fingerprint density at radius 2 is 1.00 bits per heavy atom. The van der Waals surface area contributed by atoms with Gasteiger partial charge in [-0.3, -0.25) is 4.79 Å². The standard InChI is InChI=1S/C48H91NO13/c1-3-5-7-9-11-13-15-17-18-20-22-24-26-28-30-32-40(53)49-36(37(52)31-29-27-25-23-21-19-16-14-12-10-8-6-4-2)35-59-47-45(58)43(56)46(39(34-51)61-47)62-48-44(57)42(55)41(54)38(33-50)60-48/h29,31,36-39,41-48,50-52,54-58H,3-28,30,32-35H2,1-2H3,(H,49,53)/b31-29+/t36-,37+,38?,39?,41-,42-,43+,44?,45?,46+,47+,48-/m0/s1. The van der Waals surface area contributed by atoms with E-state index in [-0.39, 0.29) is 18.9 Å². The van der Waals surface area contributed by atoms with Gasteiger partial charge in [-0.05, 0) is 19.3 Å². The highest BCUT2D eigenvalue weighted by Crippen LogP contribution is 2.30. The Bertz CT molecular complexity index is 1100. The molecule has 12 atom stereocenters. The molecule has 2 fully saturated rings. The van der Waals surface area contributed by atoms with Gasteiger partial charge in [-0.2, -0.15) is 0 Å². The Labute approximate surface area is 374 Å². The third kappa shape index (κ3) is 23.3. The van der Waals surface area contributed by atoms with E-state index >= 15 is 0 Å². The average Bonchev–Trinajstić information content (AvgIpc) is 3.27. The molecule has 0 saturated carbocycles. The lowest BCUT2D eigenvalue weighted by molar-refractivity contribution is -0.359. The normalized spacial score (nSPS) is 27.8. The topological polar surface area (TPSA) is 228 Å². The summed E-state index contributed by atoms with van der Waals surface area (Å²) in [5, 5.41) is 86.6. The molecule has 0 radical (unpaired) electrons. The molecule has 2 aliphatic rings. The third-order valence-corrected chi connectivity index (χ3v) is 12.5. The monoisotopic (exact) mass is 890 g/mol. The highest BCUT2D eigenvalue weighted by Gasteiger charge is 2.51. The predicted molar refractivity (Wildman–Crippen MR) is 240 cm³/mol. The van der Waals surface area contributed by atoms with Crippen LogP contribution in [0.25, 0.3) is 0 Å². The minimum Gasteiger partial charge on any atom is -0.394 e. The van der Waals surface area contributed by atoms with E-state index < -0.39 is 86.8 Å². The van der Waals surface area contributed by atoms with Crippen LogP contribution in [0.15, 0.2) is 12.2 Å². The smallest absolute Gasteiger partial charge is 0.220 e. The van der Waals surface area contributed by atoms with Crippen LogP contribution in [0.3, 0.4) is 0 Å². The minimum atomic E-state index is -1.78. The maximum atomic E-state index is 13.1. The van der Waals surface area contributed by atoms with Crippen molar-refractivity contribution in [3.8, 4) is 0 Å². The predicted octanol–water partition coefficient (Wildman–Crippen LogP) is 5.99. The van der Waals surface area contributed by atoms with Crippen LogP contribution in [0, 0.1) is 0 Å². The molecule has 2 heterocycles. The number of carbonyl (C=O) groups excluding carboxylic acids is 1. The van der Waals surface area contributed by atoms with Gasteiger partial charge in [-0.15, -0.1) is 0 Å². The molecule has 4 unspecified atom stereocenters. The minimum absolute atomic E-state index is 0.238. The molecule has 9 N–H and O–H groups in total. The fourth-order valence-electron chi connectivity index (χ4n) is 8.35. The highest BCUT2D eigenvalue weighted by molar-refractivity contribution is 5.76. The number of ether oxygens (including phenoxy) is 4. The molecule has 0 aromatic rings. The van der Waals surface area contributed by atoms with E-state index in [0.717, 1.165) is 38.5 Å². The van der Waals surface area contributed by atoms with Crippen LogP contribution < -0.4 is 5.32 Å². The first-order valence-corrected chi connectivity index (χ1v) is 24.9. The van der Waals surface area contributed by atoms with E-state index in [2.05, 4.69) is 19.2 Å². The van der Waals surface area contributed by atoms with Crippen molar-refractivity contribution in [3.05, 3.63) is 12.2 Å². The first-order chi connectivity index (χ1) is 30.1. The second-order valence-corrected chi connectivity index (χ2v) is 18.0. The van der Waals surface area contributed by atoms with Gasteiger partial charge in [0.25, 0.3) is 0 Å². The molecular weight excluding hydrogens is 799 g/mol. The lowest BCUT2D eigenvalue weighted by Crippen LogP contribution is -2.65. The van der Waals surface area contributed by atoms with Gasteiger partial charge in [0.2, 0.25) is 5.91 Å². The second-order valence-electron chi connectivity index (χ2n) is 18.0. The molecule has 14 heteroatoms. The van der Waals surface area contributed by atoms with E-state index in [4.69, 9.17) is 18.9 Å². The number of unbranched alkanes of at least 4 members (excludes halogenated alkanes) is 25. The van der Waals surface area contributed by atoms with Crippen LogP contribution >= 0.6 is 0 Å². The van der Waals surface area contributed by atoms with Crippen LogP contribution in [0.4, 0.5) is 0 Å². The Balaban J connectivity index is 1.86. The zero-order valence-electron chi connectivity index (χ0n) is 38.6. The molecule has 0 aromatic carbocycles. The number of aliphatic hydroxyl groups excluding tert-OH is 8. The van der Waals surface area contributed by atoms with Crippen LogP contribution in [-0.4, -0.2) is 140 Å². The van der Waals surface area contributed by atoms with Crippen molar-refractivity contribution in [1.29, 1.82) is 0 Å². The van der Waals surface area contributed by atoms with Crippen LogP contribution in [0.5, 0.6) is 0 Å². The van der Waals surface area contributed by atoms with Crippen molar-refractivity contribution in [2.24, 2.45) is 0 Å². The van der Waals surface area contributed by atoms with Crippen molar-refractivity contribution in [3.63, 3.8) is 0 Å². The summed E-state index contributed by atoms with van der Waals surface area (Å²) < 4.78 is 22.7. The van der Waals surface area contributed by atoms with E-state index in [9.17, 15) is 45.6 Å². The van der Waals surface area contributed by atoms with E-state index in [1.807, 2.05) is 6.08 Å². The van der Waals surface area contributed by atoms with E-state index in [1.54, 1.807) is 6.08 Å². The molecule has 366 valence electrons. The third-order valence-electron chi connectivity index (χ3n) is 12.5. The summed E-state index contributed by atoms with van der Waals surface area (Å²) in [4.78, 5) is 13.1. The Morgan fingerprint density at radius 3 is 1.48 bits per heavy atom. The van der Waals surface area contributed by atoms with Crippen molar-refractivity contribution in [1.82, 2.24) is 5.32 Å². The van der Waals surface area contributed by atoms with Crippen molar-refractivity contribution in [2.45, 2.75) is 267 Å². The maximum Gasteiger partial charge on any atom is 0.220 e. The van der Waals surface area contributed by atoms with Crippen LogP contribution in [0.2, 0.25) is 0 Å². The number of aliphatic hydroxyl groups is 8. The molecule has 0 bridgehead atoms. The Morgan fingerprint density at radius 1 is 0.565 bits per heavy atom. The fraction of sp³-hybridized carbons (Fsp3) is 0.938. The summed E-state index contributed by atoms with van der Waals surface area (Å²) in [5.74, 6) is -0.238. The molecular formula is C48H91NO13. The Kier molecular flexibility index (Phi) is 32.9. The summed E-state index contributed by atoms with van der Waals surface area (Å²) >= 11 is 0. The summed E-state index contributed by atoms with van der Waals surface area (Å²) in [5.41, 5.74) is 0. The van der Waals surface area contributed by atoms with Gasteiger partial charge in [0.15, 0.2) is 12.6 Å². The quantitative estimate of drug-likeness (QED) is 0.0257. The molecule has 0 spiro atoms. The molecule has 14 nitrogen and oxygen atoms in total. The molecule has 2 aliphatic heterocycles. The molecule has 0 aliphatic carbocycles. The first-order valence-electron chi connectivity index (χ1n) is 24.9. The molecule has 2 rings (SSSR count). The molecule has 1 amide bonds. The molecule has 2 saturated heterocycles. The van der Waals surface area contributed by atoms with Crippen molar-refractivity contribution < 1.29 is 64.6 Å². The molecule has 62 heavy (non-hydrogen) atoms. The fourth-order valence-corrected chi connectivity index (χ4v) is 8.35. The van der Waals surface area contributed by atoms with Crippen LogP contribution in [0.1, 0.15) is 194 Å². The van der Waals surface area contributed by atoms with Gasteiger partial charge in [0.1, 0.15) is 48.8 Å². The Hall–Kier alpha value is -1.27. The van der Waals surface area contributed by atoms with E-state index in [0.29, 0.717) is 6.42 Å². The van der Waals surface area contributed by atoms with Crippen molar-refractivity contribution >= 4 is 5.91 Å². The summed E-state index contributed by atoms with van der Waals surface area (Å²) in [6, 6.07) is -0.906. The second kappa shape index (κ2) is 35.9. The SMILES string of the molecule is CCCCCCCCCCCCC/C=C/[C@@H](O)[C@H](CO[C@@H]1OC(CO)[C@@H](O[C@@H]2OC(CO)[C@H](O)[C@H](O)C2O)[C@H](O)C1O)NC(=O)CCCCCCCCCCCCCCCCC. The van der Waals surface area contributed by atoms with Crippen molar-refractivity contribution in [2.75, 3.05) is 19.8 Å². The van der Waals surface area contributed by atoms with Gasteiger partial charge < -0.3 is 65.1 Å². The zero-order chi connectivity index (χ0) is 45.4. The summed E-state index contributed by atoms with van der Waals surface area (Å²) in [6.07, 6.45) is 19.6. The van der Waals surface area contributed by atoms with Gasteiger partial charge in [0, 0.05) is 6.42 Å². The number of nitrogens with one attached hydrogen (secondary N) is 1. The number of hydrogen-bond donors (Lipinski definition) is 9. The highest BCUT2D eigenvalue weighted by atomic mass is 16.7. The van der Waals surface area contributed by atoms with Gasteiger partial charge in [0.05, 0.1) is 32.0 Å². The number of carbonyl (C=O) groups is 1. The zero-order valence-corrected chi connectivity index (χ0v) is 38.6. The maximum absolute atomic E-state index is 13.1. The number of hydrogen-bond acceptors (Lipinski definition) is 13. The number of rotatable bonds is 38. The first kappa shape index (κ1) is 56.9. The van der Waals surface area contributed by atoms with E-state index in [1.165, 1.54) is 128 Å². The van der Waals surface area contributed by atoms with Gasteiger partial charge in [-0.1, -0.05) is 180 Å². The molecule has 0 aromatic heterocycles. The van der Waals surface area contributed by atoms with Gasteiger partial charge in [-0.25, -0.2) is 0 Å². The lowest BCUT2D eigenvalue weighted by atomic mass is 9.97. The van der Waals surface area contributed by atoms with Gasteiger partial charge >= 0.3 is 0 Å². The number of allylic oxidation sites excluding steroid dienone is 1. The largest absolute Gasteiger partial charge is 0.394 e. The number of amides is 1. The summed E-state index contributed by atoms with van der Waals surface area (Å²) in [6.45, 7) is 2.78. The average molecular weight is 890 g/mol. The summed E-state index contributed by atoms with van der Waals surface area (Å²) in [7, 11) is 0. The van der Waals surface area contributed by atoms with Crippen LogP contribution in [-0.2, 0) is 23.7 Å².